The van der Waals surface area contributed by atoms with Gasteiger partial charge < -0.3 is 114 Å². The summed E-state index contributed by atoms with van der Waals surface area (Å²) in [5.41, 5.74) is -3.00. The summed E-state index contributed by atoms with van der Waals surface area (Å²) in [6.45, 7) is 12.8. The second-order valence-electron chi connectivity index (χ2n) is 26.6. The van der Waals surface area contributed by atoms with Crippen LogP contribution in [-0.2, 0) is 42.6 Å². The van der Waals surface area contributed by atoms with E-state index in [4.69, 9.17) is 42.6 Å². The SMILES string of the molecule is CC1OC(OC2CCC3(C)C(CCC4(C)C3C=CC35OCC6(CCC(C)(C)CC63)C(O)CC45C)C2(C)CO)C(OC2OC(CO)C(O)C(O)C2O)C(OC2OC(CO)C(O)C(O)C2O)C1OC1OC(CO)C(O)C(O)C1O. The molecule has 2 bridgehead atoms. The summed E-state index contributed by atoms with van der Waals surface area (Å²) in [6.07, 6.45) is -25.9. The zero-order valence-corrected chi connectivity index (χ0v) is 45.2. The normalized spacial score (nSPS) is 58.1. The Bertz CT molecular complexity index is 2120. The van der Waals surface area contributed by atoms with Gasteiger partial charge in [0, 0.05) is 22.2 Å². The van der Waals surface area contributed by atoms with Gasteiger partial charge in [-0.25, -0.2) is 0 Å². The van der Waals surface area contributed by atoms with Crippen LogP contribution in [-0.4, -0.2) is 245 Å². The Hall–Kier alpha value is -1.18. The van der Waals surface area contributed by atoms with Crippen LogP contribution >= 0.6 is 0 Å². The predicted molar refractivity (Wildman–Crippen MR) is 262 cm³/mol. The number of hydrogen-bond acceptors (Lipinski definition) is 23. The zero-order valence-electron chi connectivity index (χ0n) is 45.2. The Morgan fingerprint density at radius 3 is 1.56 bits per heavy atom. The topological polar surface area (TPSA) is 366 Å². The van der Waals surface area contributed by atoms with E-state index >= 15 is 0 Å². The molecule has 77 heavy (non-hydrogen) atoms. The summed E-state index contributed by atoms with van der Waals surface area (Å²) < 4.78 is 57.7. The van der Waals surface area contributed by atoms with Crippen molar-refractivity contribution in [3.63, 3.8) is 0 Å². The highest BCUT2D eigenvalue weighted by Gasteiger charge is 2.79. The van der Waals surface area contributed by atoms with Gasteiger partial charge in [-0.3, -0.25) is 0 Å². The monoisotopic (exact) mass is 1100 g/mol. The van der Waals surface area contributed by atoms with Crippen molar-refractivity contribution in [2.45, 2.75) is 240 Å². The summed E-state index contributed by atoms with van der Waals surface area (Å²) in [7, 11) is 0. The summed E-state index contributed by atoms with van der Waals surface area (Å²) in [4.78, 5) is 0. The molecule has 1 spiro atoms. The molecular weight excluding hydrogens is 1020 g/mol. The number of aliphatic hydroxyl groups excluding tert-OH is 14. The van der Waals surface area contributed by atoms with E-state index in [1.54, 1.807) is 0 Å². The van der Waals surface area contributed by atoms with E-state index in [9.17, 15) is 71.5 Å². The van der Waals surface area contributed by atoms with Crippen LogP contribution in [0, 0.1) is 50.2 Å². The van der Waals surface area contributed by atoms with Gasteiger partial charge in [0.2, 0.25) is 0 Å². The molecule has 5 aliphatic heterocycles. The molecule has 31 unspecified atom stereocenters. The summed E-state index contributed by atoms with van der Waals surface area (Å²) in [5, 5.41) is 154. The first-order valence-electron chi connectivity index (χ1n) is 28.0. The maximum atomic E-state index is 12.3. The van der Waals surface area contributed by atoms with Gasteiger partial charge in [-0.1, -0.05) is 53.7 Å². The molecule has 442 valence electrons. The van der Waals surface area contributed by atoms with Crippen molar-refractivity contribution >= 4 is 0 Å². The number of hydrogen-bond donors (Lipinski definition) is 14. The number of aliphatic hydroxyl groups is 14. The minimum atomic E-state index is -2.02. The molecule has 4 saturated carbocycles. The van der Waals surface area contributed by atoms with Crippen LogP contribution in [0.25, 0.3) is 0 Å². The van der Waals surface area contributed by atoms with E-state index < -0.39 is 177 Å². The number of allylic oxidation sites excluding steroid dienone is 1. The van der Waals surface area contributed by atoms with Gasteiger partial charge in [0.15, 0.2) is 25.2 Å². The maximum absolute atomic E-state index is 12.3. The molecule has 10 aliphatic rings. The van der Waals surface area contributed by atoms with Crippen LogP contribution in [0.4, 0.5) is 0 Å². The third kappa shape index (κ3) is 8.84. The fourth-order valence-corrected chi connectivity index (χ4v) is 17.3. The molecule has 0 aromatic carbocycles. The van der Waals surface area contributed by atoms with E-state index in [0.717, 1.165) is 25.7 Å². The van der Waals surface area contributed by atoms with Crippen molar-refractivity contribution in [3.8, 4) is 0 Å². The van der Waals surface area contributed by atoms with Crippen LogP contribution in [0.1, 0.15) is 99.8 Å². The highest BCUT2D eigenvalue weighted by molar-refractivity contribution is 5.36. The van der Waals surface area contributed by atoms with E-state index in [0.29, 0.717) is 32.3 Å². The molecule has 31 atom stereocenters. The van der Waals surface area contributed by atoms with Gasteiger partial charge >= 0.3 is 0 Å². The molecule has 0 aromatic heterocycles. The van der Waals surface area contributed by atoms with Gasteiger partial charge in [0.25, 0.3) is 0 Å². The van der Waals surface area contributed by atoms with Crippen molar-refractivity contribution in [1.29, 1.82) is 0 Å². The molecule has 23 heteroatoms. The number of fused-ring (bicyclic) bond motifs is 4. The second-order valence-corrected chi connectivity index (χ2v) is 26.6. The average Bonchev–Trinajstić information content (AvgIpc) is 3.96. The third-order valence-corrected chi connectivity index (χ3v) is 22.1. The Morgan fingerprint density at radius 2 is 1.04 bits per heavy atom. The van der Waals surface area contributed by atoms with Crippen molar-refractivity contribution in [3.05, 3.63) is 12.2 Å². The molecule has 5 aliphatic carbocycles. The Labute approximate surface area is 448 Å². The first-order valence-corrected chi connectivity index (χ1v) is 28.0. The highest BCUT2D eigenvalue weighted by atomic mass is 16.8. The van der Waals surface area contributed by atoms with Crippen LogP contribution in [0.3, 0.4) is 0 Å². The van der Waals surface area contributed by atoms with Crippen molar-refractivity contribution in [1.82, 2.24) is 0 Å². The lowest BCUT2D eigenvalue weighted by molar-refractivity contribution is -0.412. The molecule has 23 nitrogen and oxygen atoms in total. The lowest BCUT2D eigenvalue weighted by Gasteiger charge is -2.73. The van der Waals surface area contributed by atoms with Crippen molar-refractivity contribution < 1.29 is 114 Å². The van der Waals surface area contributed by atoms with Crippen molar-refractivity contribution in [2.75, 3.05) is 33.0 Å². The quantitative estimate of drug-likeness (QED) is 0.0705. The Balaban J connectivity index is 1.01. The first kappa shape index (κ1) is 59.0. The van der Waals surface area contributed by atoms with Gasteiger partial charge in [-0.05, 0) is 86.4 Å². The van der Waals surface area contributed by atoms with Gasteiger partial charge in [0.05, 0.1) is 56.9 Å². The first-order chi connectivity index (χ1) is 36.2. The molecule has 0 radical (unpaired) electrons. The van der Waals surface area contributed by atoms with E-state index in [2.05, 4.69) is 46.8 Å². The third-order valence-electron chi connectivity index (χ3n) is 22.1. The number of ether oxygens (including phenoxy) is 9. The second kappa shape index (κ2) is 20.9. The fourth-order valence-electron chi connectivity index (χ4n) is 17.3. The molecule has 10 rings (SSSR count). The molecule has 0 aromatic rings. The molecule has 14 N–H and O–H groups in total. The lowest BCUT2D eigenvalue weighted by atomic mass is 9.32. The van der Waals surface area contributed by atoms with E-state index in [1.807, 2.05) is 6.92 Å². The summed E-state index contributed by atoms with van der Waals surface area (Å²) >= 11 is 0. The lowest BCUT2D eigenvalue weighted by Crippen LogP contribution is -2.72. The number of rotatable bonds is 12. The summed E-state index contributed by atoms with van der Waals surface area (Å²) in [5.74, 6) is -0.0497. The summed E-state index contributed by atoms with van der Waals surface area (Å²) in [6, 6.07) is 0. The van der Waals surface area contributed by atoms with Crippen LogP contribution < -0.4 is 0 Å². The molecule has 5 heterocycles. The zero-order chi connectivity index (χ0) is 55.9. The standard InChI is InChI=1S/C54H88O23/c1-23-41(75-44-38(66)35(63)32(60)24(18-55)71-44)42(76-45-39(67)36(64)33(61)25(19-56)72-45)43(77-46-40(68)37(65)34(62)26(20-57)73-46)47(70-23)74-31-10-11-49(4)27(50(31,5)21-58)8-12-51(6)28(49)9-13-54-29-16-48(2,3)14-15-53(29,22-69-54)30(59)17-52(51,54)7/h9,13,23-47,55-68H,8,10-12,14-22H2,1-7H3. The van der Waals surface area contributed by atoms with Crippen LogP contribution in [0.2, 0.25) is 0 Å². The van der Waals surface area contributed by atoms with Gasteiger partial charge in [-0.2, -0.15) is 0 Å². The fraction of sp³-hybridized carbons (Fsp3) is 0.963. The van der Waals surface area contributed by atoms with Crippen molar-refractivity contribution in [2.24, 2.45) is 50.2 Å². The molecule has 0 amide bonds. The predicted octanol–water partition coefficient (Wildman–Crippen LogP) is -2.57. The highest BCUT2D eigenvalue weighted by Crippen LogP contribution is 2.79. The smallest absolute Gasteiger partial charge is 0.187 e. The van der Waals surface area contributed by atoms with Crippen LogP contribution in [0.15, 0.2) is 12.2 Å². The minimum Gasteiger partial charge on any atom is -0.396 e. The van der Waals surface area contributed by atoms with Gasteiger partial charge in [-0.15, -0.1) is 0 Å². The van der Waals surface area contributed by atoms with E-state index in [-0.39, 0.29) is 40.6 Å². The average molecular weight is 1110 g/mol. The van der Waals surface area contributed by atoms with Crippen LogP contribution in [0.5, 0.6) is 0 Å². The van der Waals surface area contributed by atoms with E-state index in [1.165, 1.54) is 6.92 Å². The Morgan fingerprint density at radius 1 is 0.519 bits per heavy atom. The molecule has 9 fully saturated rings. The van der Waals surface area contributed by atoms with Gasteiger partial charge in [0.1, 0.15) is 91.6 Å². The molecule has 5 saturated heterocycles. The molecular formula is C54H88O23. The largest absolute Gasteiger partial charge is 0.396 e. The Kier molecular flexibility index (Phi) is 16.0. The maximum Gasteiger partial charge on any atom is 0.187 e. The minimum absolute atomic E-state index is 0.0124.